The lowest BCUT2D eigenvalue weighted by molar-refractivity contribution is -0.137. The first-order chi connectivity index (χ1) is 14.0. The number of rotatable bonds is 3. The number of alkyl halides is 5. The summed E-state index contributed by atoms with van der Waals surface area (Å²) in [5, 5.41) is 1.97. The quantitative estimate of drug-likeness (QED) is 0.592. The van der Waals surface area contributed by atoms with Gasteiger partial charge in [-0.2, -0.15) is 13.2 Å². The van der Waals surface area contributed by atoms with Crippen molar-refractivity contribution in [2.75, 3.05) is 23.3 Å². The smallest absolute Gasteiger partial charge is 0.371 e. The molecule has 0 aliphatic carbocycles. The van der Waals surface area contributed by atoms with Crippen LogP contribution in [0.25, 0.3) is 0 Å². The highest BCUT2D eigenvalue weighted by molar-refractivity contribution is 6.32. The minimum absolute atomic E-state index is 0.0762. The summed E-state index contributed by atoms with van der Waals surface area (Å²) in [7, 11) is 0. The second kappa shape index (κ2) is 8.37. The van der Waals surface area contributed by atoms with Crippen LogP contribution in [-0.2, 0) is 6.18 Å². The number of amides is 1. The van der Waals surface area contributed by atoms with Gasteiger partial charge in [-0.15, -0.1) is 0 Å². The summed E-state index contributed by atoms with van der Waals surface area (Å²) in [6.45, 7) is 1.64. The van der Waals surface area contributed by atoms with Crippen LogP contribution in [0.3, 0.4) is 0 Å². The van der Waals surface area contributed by atoms with Gasteiger partial charge in [-0.3, -0.25) is 9.78 Å². The molecule has 0 radical (unpaired) electrons. The Labute approximate surface area is 175 Å². The number of nitrogens with zero attached hydrogens (tertiary/aromatic N) is 2. The first-order valence-electron chi connectivity index (χ1n) is 9.24. The number of hydrogen-bond donors (Lipinski definition) is 1. The van der Waals surface area contributed by atoms with Gasteiger partial charge in [0, 0.05) is 43.5 Å². The summed E-state index contributed by atoms with van der Waals surface area (Å²) < 4.78 is 67.7. The molecule has 1 N–H and O–H groups in total. The van der Waals surface area contributed by atoms with Crippen molar-refractivity contribution in [3.63, 3.8) is 0 Å². The molecular formula is C20H19ClF5N3O. The lowest BCUT2D eigenvalue weighted by Crippen LogP contribution is -2.29. The molecule has 0 atom stereocenters. The summed E-state index contributed by atoms with van der Waals surface area (Å²) in [5.41, 5.74) is -0.281. The van der Waals surface area contributed by atoms with Crippen LogP contribution < -0.4 is 10.2 Å². The lowest BCUT2D eigenvalue weighted by Gasteiger charge is -2.27. The van der Waals surface area contributed by atoms with Crippen molar-refractivity contribution >= 4 is 28.9 Å². The molecule has 1 aliphatic heterocycles. The number of anilines is 2. The van der Waals surface area contributed by atoms with Crippen molar-refractivity contribution in [3.8, 4) is 0 Å². The maximum atomic E-state index is 13.8. The van der Waals surface area contributed by atoms with Crippen molar-refractivity contribution in [1.29, 1.82) is 0 Å². The monoisotopic (exact) mass is 447 g/mol. The van der Waals surface area contributed by atoms with Crippen LogP contribution in [0.15, 0.2) is 30.5 Å². The molecular weight excluding hydrogens is 429 g/mol. The fourth-order valence-electron chi connectivity index (χ4n) is 3.35. The Balaban J connectivity index is 2.02. The van der Waals surface area contributed by atoms with Gasteiger partial charge in [0.05, 0.1) is 21.8 Å². The third kappa shape index (κ3) is 5.19. The van der Waals surface area contributed by atoms with Gasteiger partial charge in [0.15, 0.2) is 0 Å². The number of aryl methyl sites for hydroxylation is 1. The Morgan fingerprint density at radius 1 is 1.20 bits per heavy atom. The van der Waals surface area contributed by atoms with Gasteiger partial charge in [0.1, 0.15) is 0 Å². The fourth-order valence-corrected chi connectivity index (χ4v) is 3.62. The van der Waals surface area contributed by atoms with Gasteiger partial charge in [-0.25, -0.2) is 8.78 Å². The van der Waals surface area contributed by atoms with Crippen LogP contribution in [0.4, 0.5) is 33.3 Å². The Hall–Kier alpha value is -2.42. The Bertz CT molecular complexity index is 949. The molecule has 2 heterocycles. The number of benzene rings is 1. The SMILES string of the molecule is Cc1cc(NC(=O)c2cc(Cl)c(C(F)(F)F)cc2N2CCCC(F)(F)CC2)ccn1. The van der Waals surface area contributed by atoms with Gasteiger partial charge in [0.25, 0.3) is 5.91 Å². The van der Waals surface area contributed by atoms with Gasteiger partial charge in [0.2, 0.25) is 5.92 Å². The van der Waals surface area contributed by atoms with E-state index in [4.69, 9.17) is 11.6 Å². The summed E-state index contributed by atoms with van der Waals surface area (Å²) >= 11 is 5.83. The van der Waals surface area contributed by atoms with Gasteiger partial charge < -0.3 is 10.2 Å². The zero-order valence-corrected chi connectivity index (χ0v) is 16.7. The maximum absolute atomic E-state index is 13.8. The molecule has 1 fully saturated rings. The lowest BCUT2D eigenvalue weighted by atomic mass is 10.1. The third-order valence-corrected chi connectivity index (χ3v) is 5.16. The largest absolute Gasteiger partial charge is 0.417 e. The minimum atomic E-state index is -4.75. The zero-order chi connectivity index (χ0) is 22.1. The molecule has 162 valence electrons. The van der Waals surface area contributed by atoms with Crippen LogP contribution in [0.2, 0.25) is 5.02 Å². The highest BCUT2D eigenvalue weighted by Crippen LogP contribution is 2.40. The van der Waals surface area contributed by atoms with E-state index in [-0.39, 0.29) is 37.2 Å². The summed E-state index contributed by atoms with van der Waals surface area (Å²) in [6.07, 6.45) is -4.06. The van der Waals surface area contributed by atoms with E-state index in [9.17, 15) is 26.7 Å². The normalized spacial score (nSPS) is 16.8. The second-order valence-electron chi connectivity index (χ2n) is 7.18. The Morgan fingerprint density at radius 3 is 2.60 bits per heavy atom. The number of carbonyl (C=O) groups excluding carboxylic acids is 1. The Morgan fingerprint density at radius 2 is 1.93 bits per heavy atom. The van der Waals surface area contributed by atoms with E-state index in [2.05, 4.69) is 10.3 Å². The van der Waals surface area contributed by atoms with Crippen LogP contribution in [0, 0.1) is 6.92 Å². The molecule has 0 unspecified atom stereocenters. The van der Waals surface area contributed by atoms with E-state index >= 15 is 0 Å². The molecule has 0 bridgehead atoms. The Kier molecular flexibility index (Phi) is 6.21. The van der Waals surface area contributed by atoms with E-state index in [1.165, 1.54) is 17.2 Å². The van der Waals surface area contributed by atoms with Crippen LogP contribution in [0.1, 0.15) is 40.9 Å². The molecule has 1 amide bonds. The number of aromatic nitrogens is 1. The number of halogens is 6. The van der Waals surface area contributed by atoms with E-state index in [1.54, 1.807) is 13.0 Å². The summed E-state index contributed by atoms with van der Waals surface area (Å²) in [5.74, 6) is -3.59. The van der Waals surface area contributed by atoms with Crippen molar-refractivity contribution < 1.29 is 26.7 Å². The molecule has 3 rings (SSSR count). The van der Waals surface area contributed by atoms with Crippen LogP contribution >= 0.6 is 11.6 Å². The zero-order valence-electron chi connectivity index (χ0n) is 16.0. The van der Waals surface area contributed by atoms with Crippen LogP contribution in [-0.4, -0.2) is 29.9 Å². The summed E-state index contributed by atoms with van der Waals surface area (Å²) in [6, 6.07) is 4.82. The number of carbonyl (C=O) groups is 1. The molecule has 1 aliphatic rings. The van der Waals surface area contributed by atoms with Crippen LogP contribution in [0.5, 0.6) is 0 Å². The first-order valence-corrected chi connectivity index (χ1v) is 9.62. The number of pyridine rings is 1. The number of hydrogen-bond acceptors (Lipinski definition) is 3. The molecule has 0 saturated carbocycles. The van der Waals surface area contributed by atoms with Gasteiger partial charge in [-0.1, -0.05) is 11.6 Å². The minimum Gasteiger partial charge on any atom is -0.371 e. The molecule has 10 heteroatoms. The average Bonchev–Trinajstić information content (AvgIpc) is 2.81. The highest BCUT2D eigenvalue weighted by Gasteiger charge is 2.37. The van der Waals surface area contributed by atoms with Crippen molar-refractivity contribution in [2.24, 2.45) is 0 Å². The second-order valence-corrected chi connectivity index (χ2v) is 7.59. The standard InChI is InChI=1S/C20H19ClF5N3O/c1-12-9-13(3-6-27-12)28-18(30)14-10-16(21)15(20(24,25)26)11-17(14)29-7-2-4-19(22,23)5-8-29/h3,6,9-11H,2,4-5,7-8H2,1H3,(H,27,28,30). The fraction of sp³-hybridized carbons (Fsp3) is 0.400. The molecule has 1 aromatic carbocycles. The average molecular weight is 448 g/mol. The predicted octanol–water partition coefficient (Wildman–Crippen LogP) is 5.94. The van der Waals surface area contributed by atoms with E-state index in [0.717, 1.165) is 12.1 Å². The van der Waals surface area contributed by atoms with Crippen molar-refractivity contribution in [1.82, 2.24) is 4.98 Å². The summed E-state index contributed by atoms with van der Waals surface area (Å²) in [4.78, 5) is 18.3. The molecule has 1 aromatic heterocycles. The molecule has 1 saturated heterocycles. The van der Waals surface area contributed by atoms with Crippen molar-refractivity contribution in [2.45, 2.75) is 38.3 Å². The predicted molar refractivity (Wildman–Crippen MR) is 104 cm³/mol. The topological polar surface area (TPSA) is 45.2 Å². The maximum Gasteiger partial charge on any atom is 0.417 e. The molecule has 0 spiro atoms. The first kappa shape index (κ1) is 22.3. The van der Waals surface area contributed by atoms with Gasteiger partial charge in [-0.05, 0) is 37.6 Å². The van der Waals surface area contributed by atoms with Crippen molar-refractivity contribution in [3.05, 3.63) is 52.3 Å². The number of nitrogens with one attached hydrogen (secondary N) is 1. The van der Waals surface area contributed by atoms with Gasteiger partial charge >= 0.3 is 6.18 Å². The molecule has 4 nitrogen and oxygen atoms in total. The molecule has 30 heavy (non-hydrogen) atoms. The van der Waals surface area contributed by atoms with E-state index in [1.807, 2.05) is 0 Å². The van der Waals surface area contributed by atoms with E-state index < -0.39 is 35.0 Å². The third-order valence-electron chi connectivity index (χ3n) is 4.85. The van der Waals surface area contributed by atoms with E-state index in [0.29, 0.717) is 11.4 Å². The highest BCUT2D eigenvalue weighted by atomic mass is 35.5. The molecule has 2 aromatic rings.